The number of nitrogens with zero attached hydrogens (tertiary/aromatic N) is 1. The van der Waals surface area contributed by atoms with Crippen molar-refractivity contribution in [1.29, 1.82) is 0 Å². The molecule has 0 amide bonds. The van der Waals surface area contributed by atoms with Gasteiger partial charge in [0.1, 0.15) is 6.04 Å². The van der Waals surface area contributed by atoms with Crippen molar-refractivity contribution in [2.24, 2.45) is 0 Å². The van der Waals surface area contributed by atoms with Gasteiger partial charge in [-0.3, -0.25) is 4.31 Å². The molecule has 23 heavy (non-hydrogen) atoms. The highest BCUT2D eigenvalue weighted by molar-refractivity contribution is 14.1. The molecule has 0 radical (unpaired) electrons. The first-order chi connectivity index (χ1) is 10.7. The maximum absolute atomic E-state index is 12.9. The van der Waals surface area contributed by atoms with Gasteiger partial charge in [0.25, 0.3) is 10.0 Å². The van der Waals surface area contributed by atoms with Gasteiger partial charge in [0.2, 0.25) is 0 Å². The zero-order valence-electron chi connectivity index (χ0n) is 12.6. The van der Waals surface area contributed by atoms with Crippen molar-refractivity contribution in [2.75, 3.05) is 4.31 Å². The van der Waals surface area contributed by atoms with Crippen LogP contribution < -0.4 is 4.31 Å². The number of sulfonamides is 1. The third-order valence-electron chi connectivity index (χ3n) is 3.37. The highest BCUT2D eigenvalue weighted by Crippen LogP contribution is 2.27. The number of hydrogen-bond acceptors (Lipinski definition) is 3. The maximum atomic E-state index is 12.9. The Labute approximate surface area is 149 Å². The van der Waals surface area contributed by atoms with Crippen molar-refractivity contribution in [1.82, 2.24) is 0 Å². The highest BCUT2D eigenvalue weighted by atomic mass is 127. The first-order valence-electron chi connectivity index (χ1n) is 6.83. The fraction of sp³-hybridized carbons (Fsp3) is 0.188. The Morgan fingerprint density at radius 1 is 1.09 bits per heavy atom. The zero-order valence-corrected chi connectivity index (χ0v) is 15.6. The second-order valence-corrected chi connectivity index (χ2v) is 8.17. The Morgan fingerprint density at radius 2 is 1.61 bits per heavy atom. The number of aliphatic carboxylic acids is 1. The summed E-state index contributed by atoms with van der Waals surface area (Å²) in [4.78, 5) is 11.5. The molecule has 0 aromatic heterocycles. The van der Waals surface area contributed by atoms with E-state index in [1.807, 2.05) is 6.92 Å². The molecule has 0 fully saturated rings. The molecular weight excluding hydrogens is 429 g/mol. The van der Waals surface area contributed by atoms with Crippen LogP contribution in [0.2, 0.25) is 0 Å². The number of anilines is 1. The number of aryl methyl sites for hydroxylation is 1. The average Bonchev–Trinajstić information content (AvgIpc) is 2.49. The SMILES string of the molecule is Cc1ccc(S(=O)(=O)N(c2ccc(I)cc2)C(C)C(=O)O)cc1. The van der Waals surface area contributed by atoms with E-state index in [0.717, 1.165) is 13.4 Å². The lowest BCUT2D eigenvalue weighted by molar-refractivity contribution is -0.137. The van der Waals surface area contributed by atoms with E-state index in [4.69, 9.17) is 0 Å². The lowest BCUT2D eigenvalue weighted by Crippen LogP contribution is -2.43. The molecule has 2 aromatic carbocycles. The largest absolute Gasteiger partial charge is 0.480 e. The summed E-state index contributed by atoms with van der Waals surface area (Å²) in [7, 11) is -3.98. The molecule has 0 bridgehead atoms. The molecule has 2 aromatic rings. The van der Waals surface area contributed by atoms with E-state index in [2.05, 4.69) is 22.6 Å². The Kier molecular flexibility index (Phi) is 5.30. The number of benzene rings is 2. The summed E-state index contributed by atoms with van der Waals surface area (Å²) in [5, 5.41) is 9.32. The van der Waals surface area contributed by atoms with E-state index >= 15 is 0 Å². The van der Waals surface area contributed by atoms with E-state index in [-0.39, 0.29) is 4.90 Å². The predicted molar refractivity (Wildman–Crippen MR) is 97.1 cm³/mol. The summed E-state index contributed by atoms with van der Waals surface area (Å²) in [6.45, 7) is 3.21. The third-order valence-corrected chi connectivity index (χ3v) is 6.00. The van der Waals surface area contributed by atoms with Gasteiger partial charge in [0.05, 0.1) is 10.6 Å². The Hall–Kier alpha value is -1.61. The minimum absolute atomic E-state index is 0.0646. The summed E-state index contributed by atoms with van der Waals surface area (Å²) in [6, 6.07) is 11.8. The molecule has 0 aliphatic heterocycles. The van der Waals surface area contributed by atoms with Gasteiger partial charge in [0.15, 0.2) is 0 Å². The van der Waals surface area contributed by atoms with E-state index in [9.17, 15) is 18.3 Å². The molecule has 2 rings (SSSR count). The van der Waals surface area contributed by atoms with Crippen LogP contribution in [0.5, 0.6) is 0 Å². The van der Waals surface area contributed by atoms with E-state index in [1.54, 1.807) is 36.4 Å². The van der Waals surface area contributed by atoms with Gasteiger partial charge in [-0.1, -0.05) is 17.7 Å². The Bertz CT molecular complexity index is 801. The number of rotatable bonds is 5. The molecule has 0 saturated carbocycles. The van der Waals surface area contributed by atoms with Crippen molar-refractivity contribution in [2.45, 2.75) is 24.8 Å². The van der Waals surface area contributed by atoms with Crippen molar-refractivity contribution < 1.29 is 18.3 Å². The van der Waals surface area contributed by atoms with Gasteiger partial charge in [-0.05, 0) is 72.8 Å². The molecule has 0 heterocycles. The van der Waals surface area contributed by atoms with Crippen molar-refractivity contribution >= 4 is 44.3 Å². The van der Waals surface area contributed by atoms with E-state index in [1.165, 1.54) is 19.1 Å². The average molecular weight is 445 g/mol. The summed E-state index contributed by atoms with van der Waals surface area (Å²) >= 11 is 2.10. The number of carboxylic acid groups (broad SMARTS) is 1. The summed E-state index contributed by atoms with van der Waals surface area (Å²) < 4.78 is 27.7. The summed E-state index contributed by atoms with van der Waals surface area (Å²) in [6.07, 6.45) is 0. The second kappa shape index (κ2) is 6.88. The minimum Gasteiger partial charge on any atom is -0.480 e. The molecule has 0 saturated heterocycles. The van der Waals surface area contributed by atoms with Crippen LogP contribution in [0.15, 0.2) is 53.4 Å². The van der Waals surface area contributed by atoms with Crippen LogP contribution in [0.4, 0.5) is 5.69 Å². The van der Waals surface area contributed by atoms with Crippen molar-refractivity contribution in [3.63, 3.8) is 0 Å². The van der Waals surface area contributed by atoms with Crippen molar-refractivity contribution in [3.05, 3.63) is 57.7 Å². The quantitative estimate of drug-likeness (QED) is 0.718. The second-order valence-electron chi connectivity index (χ2n) is 5.10. The van der Waals surface area contributed by atoms with Crippen LogP contribution in [0.1, 0.15) is 12.5 Å². The predicted octanol–water partition coefficient (Wildman–Crippen LogP) is 3.27. The van der Waals surface area contributed by atoms with Gasteiger partial charge in [-0.2, -0.15) is 0 Å². The maximum Gasteiger partial charge on any atom is 0.327 e. The molecule has 0 spiro atoms. The number of carbonyl (C=O) groups is 1. The fourth-order valence-electron chi connectivity index (χ4n) is 2.08. The molecule has 122 valence electrons. The molecule has 5 nitrogen and oxygen atoms in total. The molecule has 1 unspecified atom stereocenters. The summed E-state index contributed by atoms with van der Waals surface area (Å²) in [5.74, 6) is -1.21. The van der Waals surface area contributed by atoms with Gasteiger partial charge in [0, 0.05) is 3.57 Å². The van der Waals surface area contributed by atoms with Crippen LogP contribution in [0, 0.1) is 10.5 Å². The number of hydrogen-bond donors (Lipinski definition) is 1. The Balaban J connectivity index is 2.58. The summed E-state index contributed by atoms with van der Waals surface area (Å²) in [5.41, 5.74) is 1.25. The smallest absolute Gasteiger partial charge is 0.327 e. The first kappa shape index (κ1) is 17.7. The standard InChI is InChI=1S/C16H16INO4S/c1-11-3-9-15(10-4-11)23(21,22)18(12(2)16(19)20)14-7-5-13(17)6-8-14/h3-10,12H,1-2H3,(H,19,20). The van der Waals surface area contributed by atoms with Crippen LogP contribution in [-0.4, -0.2) is 25.5 Å². The van der Waals surface area contributed by atoms with E-state index < -0.39 is 22.0 Å². The van der Waals surface area contributed by atoms with Gasteiger partial charge in [-0.25, -0.2) is 13.2 Å². The highest BCUT2D eigenvalue weighted by Gasteiger charge is 2.33. The fourth-order valence-corrected chi connectivity index (χ4v) is 4.06. The first-order valence-corrected chi connectivity index (χ1v) is 9.35. The zero-order chi connectivity index (χ0) is 17.2. The van der Waals surface area contributed by atoms with Gasteiger partial charge >= 0.3 is 5.97 Å². The third kappa shape index (κ3) is 3.84. The minimum atomic E-state index is -3.98. The topological polar surface area (TPSA) is 74.7 Å². The molecule has 0 aliphatic rings. The Morgan fingerprint density at radius 3 is 2.09 bits per heavy atom. The number of halogens is 1. The normalized spacial score (nSPS) is 12.7. The molecule has 1 atom stereocenters. The monoisotopic (exact) mass is 445 g/mol. The van der Waals surface area contributed by atoms with Crippen LogP contribution in [0.3, 0.4) is 0 Å². The van der Waals surface area contributed by atoms with Crippen LogP contribution in [-0.2, 0) is 14.8 Å². The lowest BCUT2D eigenvalue weighted by atomic mass is 10.2. The molecular formula is C16H16INO4S. The molecule has 7 heteroatoms. The lowest BCUT2D eigenvalue weighted by Gasteiger charge is -2.28. The molecule has 1 N–H and O–H groups in total. The number of carboxylic acids is 1. The van der Waals surface area contributed by atoms with Gasteiger partial charge in [-0.15, -0.1) is 0 Å². The molecule has 0 aliphatic carbocycles. The van der Waals surface area contributed by atoms with Crippen LogP contribution in [0.25, 0.3) is 0 Å². The van der Waals surface area contributed by atoms with Gasteiger partial charge < -0.3 is 5.11 Å². The van der Waals surface area contributed by atoms with E-state index in [0.29, 0.717) is 5.69 Å². The van der Waals surface area contributed by atoms with Crippen LogP contribution >= 0.6 is 22.6 Å². The van der Waals surface area contributed by atoms with Crippen molar-refractivity contribution in [3.8, 4) is 0 Å².